The Balaban J connectivity index is 1.90. The molecule has 1 heterocycles. The molecule has 0 amide bonds. The lowest BCUT2D eigenvalue weighted by atomic mass is 9.82. The van der Waals surface area contributed by atoms with Gasteiger partial charge in [-0.3, -0.25) is 4.79 Å². The van der Waals surface area contributed by atoms with Gasteiger partial charge in [0.1, 0.15) is 11.3 Å². The Morgan fingerprint density at radius 2 is 2.00 bits per heavy atom. The molecule has 1 aliphatic rings. The quantitative estimate of drug-likeness (QED) is 0.536. The molecule has 3 N–H and O–H groups in total. The molecule has 0 spiro atoms. The number of fused-ring (bicyclic) bond motifs is 1. The summed E-state index contributed by atoms with van der Waals surface area (Å²) in [5.74, 6) is -6.06. The Kier molecular flexibility index (Phi) is 6.11. The number of nitrogens with two attached hydrogens (primary N) is 1. The van der Waals surface area contributed by atoms with E-state index in [1.807, 2.05) is 0 Å². The van der Waals surface area contributed by atoms with Gasteiger partial charge >= 0.3 is 5.97 Å². The van der Waals surface area contributed by atoms with Crippen LogP contribution >= 0.6 is 0 Å². The predicted molar refractivity (Wildman–Crippen MR) is 95.3 cm³/mol. The van der Waals surface area contributed by atoms with Crippen LogP contribution in [0.15, 0.2) is 12.1 Å². The lowest BCUT2D eigenvalue weighted by Crippen LogP contribution is -2.31. The van der Waals surface area contributed by atoms with E-state index in [0.29, 0.717) is 0 Å². The highest BCUT2D eigenvalue weighted by molar-refractivity contribution is 5.82. The molecule has 1 aromatic carbocycles. The number of carbonyl (C=O) groups excluding carboxylic acids is 1. The number of H-pyrrole nitrogens is 1. The monoisotopic (exact) mass is 419 g/mol. The summed E-state index contributed by atoms with van der Waals surface area (Å²) in [6, 6.07) is 1.96. The second-order valence-corrected chi connectivity index (χ2v) is 7.41. The van der Waals surface area contributed by atoms with Crippen molar-refractivity contribution < 1.29 is 31.5 Å². The van der Waals surface area contributed by atoms with E-state index in [0.717, 1.165) is 7.11 Å². The first-order valence-corrected chi connectivity index (χ1v) is 9.30. The maximum absolute atomic E-state index is 15.0. The molecule has 0 saturated heterocycles. The van der Waals surface area contributed by atoms with Gasteiger partial charge < -0.3 is 15.5 Å². The summed E-state index contributed by atoms with van der Waals surface area (Å²) < 4.78 is 72.0. The van der Waals surface area contributed by atoms with Crippen LogP contribution in [0.3, 0.4) is 0 Å². The number of alkyl halides is 4. The number of imidazole rings is 1. The van der Waals surface area contributed by atoms with Gasteiger partial charge in [0.25, 0.3) is 0 Å². The normalized spacial score (nSPS) is 19.4. The van der Waals surface area contributed by atoms with Gasteiger partial charge in [0, 0.05) is 24.8 Å². The molecule has 5 nitrogen and oxygen atoms in total. The summed E-state index contributed by atoms with van der Waals surface area (Å²) in [4.78, 5) is 18.9. The molecule has 29 heavy (non-hydrogen) atoms. The predicted octanol–water partition coefficient (Wildman–Crippen LogP) is 4.44. The van der Waals surface area contributed by atoms with Crippen molar-refractivity contribution in [1.29, 1.82) is 0 Å². The van der Waals surface area contributed by atoms with E-state index < -0.39 is 42.5 Å². The van der Waals surface area contributed by atoms with Crippen molar-refractivity contribution in [3.05, 3.63) is 29.3 Å². The molecule has 1 fully saturated rings. The number of nitrogens with one attached hydrogen (secondary N) is 1. The molecule has 1 aromatic heterocycles. The van der Waals surface area contributed by atoms with Crippen LogP contribution < -0.4 is 5.73 Å². The van der Waals surface area contributed by atoms with Crippen molar-refractivity contribution in [3.63, 3.8) is 0 Å². The molecule has 2 atom stereocenters. The third-order valence-corrected chi connectivity index (χ3v) is 5.50. The van der Waals surface area contributed by atoms with Crippen molar-refractivity contribution in [2.45, 2.75) is 56.4 Å². The fourth-order valence-corrected chi connectivity index (χ4v) is 3.82. The van der Waals surface area contributed by atoms with Crippen LogP contribution in [0, 0.1) is 11.7 Å². The fourth-order valence-electron chi connectivity index (χ4n) is 3.82. The van der Waals surface area contributed by atoms with Crippen molar-refractivity contribution in [2.75, 3.05) is 7.11 Å². The number of aromatic amines is 1. The molecule has 160 valence electrons. The van der Waals surface area contributed by atoms with Gasteiger partial charge in [0.15, 0.2) is 5.82 Å². The van der Waals surface area contributed by atoms with Crippen LogP contribution in [0.5, 0.6) is 0 Å². The fraction of sp³-hybridized carbons (Fsp3) is 0.579. The zero-order valence-electron chi connectivity index (χ0n) is 15.7. The summed E-state index contributed by atoms with van der Waals surface area (Å²) in [6.07, 6.45) is -3.81. The summed E-state index contributed by atoms with van der Waals surface area (Å²) in [5, 5.41) is 0. The highest BCUT2D eigenvalue weighted by Crippen LogP contribution is 2.40. The maximum atomic E-state index is 15.0. The number of hydrogen-bond acceptors (Lipinski definition) is 4. The Hall–Kier alpha value is -2.23. The van der Waals surface area contributed by atoms with Crippen LogP contribution in [-0.4, -0.2) is 35.4 Å². The van der Waals surface area contributed by atoms with Crippen LogP contribution in [0.4, 0.5) is 22.0 Å². The highest BCUT2D eigenvalue weighted by atomic mass is 19.3. The number of ether oxygens (including phenoxy) is 1. The van der Waals surface area contributed by atoms with Gasteiger partial charge in [-0.2, -0.15) is 0 Å². The van der Waals surface area contributed by atoms with E-state index in [1.54, 1.807) is 0 Å². The molecule has 0 bridgehead atoms. The lowest BCUT2D eigenvalue weighted by Gasteiger charge is -2.31. The summed E-state index contributed by atoms with van der Waals surface area (Å²) in [5.41, 5.74) is 6.06. The first-order valence-electron chi connectivity index (χ1n) is 9.30. The minimum Gasteiger partial charge on any atom is -0.469 e. The number of nitrogens with zero attached hydrogens (tertiary/aromatic N) is 1. The van der Waals surface area contributed by atoms with Gasteiger partial charge in [-0.15, -0.1) is 0 Å². The molecule has 1 saturated carbocycles. The Morgan fingerprint density at radius 1 is 1.34 bits per heavy atom. The van der Waals surface area contributed by atoms with E-state index in [4.69, 9.17) is 5.73 Å². The van der Waals surface area contributed by atoms with Crippen molar-refractivity contribution >= 4 is 17.0 Å². The SMILES string of the molecule is COC(=O)[C@@H](CC(F)F)c1ccc2[nH]c([C@@H](N)C3CCC(F)(F)CC3)nc2c1F. The number of benzene rings is 1. The summed E-state index contributed by atoms with van der Waals surface area (Å²) >= 11 is 0. The molecule has 0 unspecified atom stereocenters. The van der Waals surface area contributed by atoms with E-state index in [2.05, 4.69) is 14.7 Å². The molecule has 3 rings (SSSR count). The lowest BCUT2D eigenvalue weighted by molar-refractivity contribution is -0.143. The van der Waals surface area contributed by atoms with Gasteiger partial charge in [-0.1, -0.05) is 6.07 Å². The highest BCUT2D eigenvalue weighted by Gasteiger charge is 2.38. The van der Waals surface area contributed by atoms with E-state index in [-0.39, 0.29) is 54.0 Å². The topological polar surface area (TPSA) is 81.0 Å². The van der Waals surface area contributed by atoms with E-state index in [9.17, 15) is 22.4 Å². The van der Waals surface area contributed by atoms with E-state index in [1.165, 1.54) is 12.1 Å². The van der Waals surface area contributed by atoms with Gasteiger partial charge in [0.05, 0.1) is 24.6 Å². The maximum Gasteiger partial charge on any atom is 0.313 e. The van der Waals surface area contributed by atoms with E-state index >= 15 is 4.39 Å². The van der Waals surface area contributed by atoms with Gasteiger partial charge in [-0.25, -0.2) is 26.9 Å². The molecular formula is C19H22F5N3O2. The molecular weight excluding hydrogens is 397 g/mol. The van der Waals surface area contributed by atoms with Gasteiger partial charge in [0.2, 0.25) is 12.3 Å². The van der Waals surface area contributed by atoms with Crippen molar-refractivity contribution in [1.82, 2.24) is 9.97 Å². The van der Waals surface area contributed by atoms with Crippen molar-refractivity contribution in [3.8, 4) is 0 Å². The third-order valence-electron chi connectivity index (χ3n) is 5.50. The number of rotatable bonds is 6. The zero-order chi connectivity index (χ0) is 21.3. The summed E-state index contributed by atoms with van der Waals surface area (Å²) in [7, 11) is 1.04. The number of hydrogen-bond donors (Lipinski definition) is 2. The molecule has 0 radical (unpaired) electrons. The smallest absolute Gasteiger partial charge is 0.313 e. The molecule has 1 aliphatic carbocycles. The first-order chi connectivity index (χ1) is 13.6. The number of methoxy groups -OCH3 is 1. The Labute approximate surface area is 163 Å². The van der Waals surface area contributed by atoms with Gasteiger partial charge in [-0.05, 0) is 24.8 Å². The standard InChI is InChI=1S/C19H22F5N3O2/c1-29-18(28)11(8-13(20)21)10-2-3-12-16(14(10)22)27-17(26-12)15(25)9-4-6-19(23,24)7-5-9/h2-3,9,11,13,15H,4-8,25H2,1H3,(H,26,27)/t11-,15-/m0/s1. The van der Waals surface area contributed by atoms with Crippen LogP contribution in [0.1, 0.15) is 55.5 Å². The Morgan fingerprint density at radius 3 is 2.59 bits per heavy atom. The molecule has 0 aliphatic heterocycles. The second-order valence-electron chi connectivity index (χ2n) is 7.41. The number of halogens is 5. The minimum atomic E-state index is -2.83. The number of esters is 1. The zero-order valence-corrected chi connectivity index (χ0v) is 15.7. The summed E-state index contributed by atoms with van der Waals surface area (Å²) in [6.45, 7) is 0. The first kappa shape index (κ1) is 21.5. The van der Waals surface area contributed by atoms with Crippen LogP contribution in [0.25, 0.3) is 11.0 Å². The Bertz CT molecular complexity index is 876. The van der Waals surface area contributed by atoms with Crippen molar-refractivity contribution in [2.24, 2.45) is 11.7 Å². The minimum absolute atomic E-state index is 0.141. The van der Waals surface area contributed by atoms with Crippen LogP contribution in [-0.2, 0) is 9.53 Å². The number of carbonyl (C=O) groups is 1. The third kappa shape index (κ3) is 4.52. The number of aromatic nitrogens is 2. The average molecular weight is 419 g/mol. The average Bonchev–Trinajstić information content (AvgIpc) is 3.11. The molecule has 2 aromatic rings. The largest absolute Gasteiger partial charge is 0.469 e. The molecule has 10 heteroatoms. The second kappa shape index (κ2) is 8.25. The van der Waals surface area contributed by atoms with Crippen LogP contribution in [0.2, 0.25) is 0 Å².